The van der Waals surface area contributed by atoms with Crippen molar-refractivity contribution in [2.75, 3.05) is 9.80 Å². The van der Waals surface area contributed by atoms with E-state index in [2.05, 4.69) is 137 Å². The minimum absolute atomic E-state index is 0.0321. The van der Waals surface area contributed by atoms with Gasteiger partial charge in [0.25, 0.3) is 6.71 Å². The Kier molecular flexibility index (Phi) is 4.15. The average molecular weight is 462 g/mol. The molecule has 0 N–H and O–H groups in total. The average Bonchev–Trinajstić information content (AvgIpc) is 3.33. The second-order valence-corrected chi connectivity index (χ2v) is 9.69. The van der Waals surface area contributed by atoms with Crippen molar-refractivity contribution < 1.29 is 4.74 Å². The summed E-state index contributed by atoms with van der Waals surface area (Å²) in [5.74, 6) is 0.991. The Labute approximate surface area is 211 Å². The summed E-state index contributed by atoms with van der Waals surface area (Å²) in [6.45, 7) is 0.129. The fourth-order valence-electron chi connectivity index (χ4n) is 6.50. The lowest BCUT2D eigenvalue weighted by molar-refractivity contribution is 0.282. The first-order valence-electron chi connectivity index (χ1n) is 12.6. The molecule has 3 heterocycles. The van der Waals surface area contributed by atoms with Gasteiger partial charge >= 0.3 is 0 Å². The lowest BCUT2D eigenvalue weighted by atomic mass is 9.32. The van der Waals surface area contributed by atoms with Crippen molar-refractivity contribution in [1.29, 1.82) is 0 Å². The van der Waals surface area contributed by atoms with Crippen LogP contribution in [0.5, 0.6) is 5.75 Å². The van der Waals surface area contributed by atoms with Gasteiger partial charge in [-0.3, -0.25) is 0 Å². The molecule has 170 valence electrons. The van der Waals surface area contributed by atoms with Crippen LogP contribution in [0.15, 0.2) is 127 Å². The van der Waals surface area contributed by atoms with Crippen LogP contribution in [-0.4, -0.2) is 12.7 Å². The van der Waals surface area contributed by atoms with Crippen LogP contribution in [0.4, 0.5) is 28.4 Å². The zero-order chi connectivity index (χ0) is 23.6. The number of fused-ring (bicyclic) bond motifs is 6. The monoisotopic (exact) mass is 462 g/mol. The molecule has 0 fully saturated rings. The van der Waals surface area contributed by atoms with Gasteiger partial charge in [0.2, 0.25) is 0 Å². The number of nitrogens with zero attached hydrogens (tertiary/aromatic N) is 2. The van der Waals surface area contributed by atoms with Crippen molar-refractivity contribution >= 4 is 46.1 Å². The van der Waals surface area contributed by atoms with E-state index in [0.29, 0.717) is 0 Å². The molecule has 0 aliphatic carbocycles. The van der Waals surface area contributed by atoms with Crippen LogP contribution < -0.4 is 25.5 Å². The van der Waals surface area contributed by atoms with Crippen LogP contribution in [0.1, 0.15) is 11.6 Å². The van der Waals surface area contributed by atoms with Crippen molar-refractivity contribution in [3.63, 3.8) is 0 Å². The molecule has 0 saturated heterocycles. The number of benzene rings is 5. The Morgan fingerprint density at radius 2 is 1.19 bits per heavy atom. The molecule has 0 amide bonds. The molecule has 3 aliphatic rings. The normalized spacial score (nSPS) is 18.6. The van der Waals surface area contributed by atoms with Crippen LogP contribution in [0.2, 0.25) is 0 Å². The molecule has 3 aliphatic heterocycles. The van der Waals surface area contributed by atoms with E-state index in [-0.39, 0.29) is 18.8 Å². The molecule has 5 aromatic carbocycles. The first-order chi connectivity index (χ1) is 17.9. The summed E-state index contributed by atoms with van der Waals surface area (Å²) in [4.78, 5) is 4.92. The number of ether oxygens (including phenoxy) is 1. The minimum Gasteiger partial charge on any atom is -0.495 e. The van der Waals surface area contributed by atoms with Gasteiger partial charge in [-0.05, 0) is 59.5 Å². The Morgan fingerprint density at radius 3 is 2.03 bits per heavy atom. The predicted molar refractivity (Wildman–Crippen MR) is 148 cm³/mol. The zero-order valence-electron chi connectivity index (χ0n) is 19.7. The molecule has 0 saturated carbocycles. The number of hydrogen-bond donors (Lipinski definition) is 0. The molecule has 0 bridgehead atoms. The van der Waals surface area contributed by atoms with Gasteiger partial charge in [-0.1, -0.05) is 78.9 Å². The summed E-state index contributed by atoms with van der Waals surface area (Å²) in [5.41, 5.74) is 9.96. The van der Waals surface area contributed by atoms with Crippen molar-refractivity contribution in [3.05, 3.63) is 133 Å². The summed E-state index contributed by atoms with van der Waals surface area (Å²) in [5, 5.41) is 0. The Hall–Kier alpha value is -4.44. The molecule has 3 nitrogen and oxygen atoms in total. The standard InChI is InChI=1S/C32H23BN2O/c1-3-12-22(13-4-1)34-26-18-9-8-17-25(26)33-30-27(34)19-11-20-28(30)35(23-14-5-2-6-15-23)31-24-16-7-10-21-29(24)36-32(31)33/h1-21,31-32H. The second-order valence-electron chi connectivity index (χ2n) is 9.69. The molecule has 0 radical (unpaired) electrons. The van der Waals surface area contributed by atoms with Gasteiger partial charge in [-0.15, -0.1) is 0 Å². The maximum Gasteiger partial charge on any atom is 0.267 e. The second kappa shape index (κ2) is 7.53. The third-order valence-corrected chi connectivity index (χ3v) is 7.85. The highest BCUT2D eigenvalue weighted by Crippen LogP contribution is 2.51. The molecule has 36 heavy (non-hydrogen) atoms. The van der Waals surface area contributed by atoms with Gasteiger partial charge in [0.1, 0.15) is 11.8 Å². The van der Waals surface area contributed by atoms with E-state index < -0.39 is 0 Å². The minimum atomic E-state index is -0.0321. The van der Waals surface area contributed by atoms with Gasteiger partial charge in [0.05, 0.1) is 6.04 Å². The van der Waals surface area contributed by atoms with E-state index in [1.54, 1.807) is 0 Å². The van der Waals surface area contributed by atoms with Gasteiger partial charge in [0, 0.05) is 34.0 Å². The molecular formula is C32H23BN2O. The van der Waals surface area contributed by atoms with E-state index >= 15 is 0 Å². The smallest absolute Gasteiger partial charge is 0.267 e. The summed E-state index contributed by atoms with van der Waals surface area (Å²) >= 11 is 0. The number of anilines is 5. The topological polar surface area (TPSA) is 15.7 Å². The van der Waals surface area contributed by atoms with Gasteiger partial charge in [-0.2, -0.15) is 0 Å². The lowest BCUT2D eigenvalue weighted by Gasteiger charge is -2.47. The zero-order valence-corrected chi connectivity index (χ0v) is 19.7. The van der Waals surface area contributed by atoms with Crippen molar-refractivity contribution in [3.8, 4) is 5.75 Å². The molecule has 0 aromatic heterocycles. The summed E-state index contributed by atoms with van der Waals surface area (Å²) in [6.07, 6.45) is 0. The highest BCUT2D eigenvalue weighted by Gasteiger charge is 2.54. The maximum atomic E-state index is 6.85. The third kappa shape index (κ3) is 2.64. The quantitative estimate of drug-likeness (QED) is 0.288. The fraction of sp³-hybridized carbons (Fsp3) is 0.0625. The molecule has 2 atom stereocenters. The number of rotatable bonds is 2. The summed E-state index contributed by atoms with van der Waals surface area (Å²) in [6, 6.07) is 45.7. The molecule has 0 spiro atoms. The van der Waals surface area contributed by atoms with Crippen LogP contribution >= 0.6 is 0 Å². The summed E-state index contributed by atoms with van der Waals surface area (Å²) < 4.78 is 6.85. The van der Waals surface area contributed by atoms with Crippen LogP contribution in [0.3, 0.4) is 0 Å². The van der Waals surface area contributed by atoms with E-state index in [1.807, 2.05) is 0 Å². The molecule has 5 aromatic rings. The number of hydrogen-bond acceptors (Lipinski definition) is 3. The predicted octanol–water partition coefficient (Wildman–Crippen LogP) is 6.27. The maximum absolute atomic E-state index is 6.85. The van der Waals surface area contributed by atoms with Crippen LogP contribution in [-0.2, 0) is 0 Å². The highest BCUT2D eigenvalue weighted by molar-refractivity contribution is 6.91. The van der Waals surface area contributed by atoms with Gasteiger partial charge in [-0.25, -0.2) is 0 Å². The molecular weight excluding hydrogens is 439 g/mol. The van der Waals surface area contributed by atoms with Crippen molar-refractivity contribution in [1.82, 2.24) is 0 Å². The number of para-hydroxylation sites is 4. The first-order valence-corrected chi connectivity index (χ1v) is 12.6. The van der Waals surface area contributed by atoms with E-state index in [4.69, 9.17) is 4.74 Å². The fourth-order valence-corrected chi connectivity index (χ4v) is 6.50. The van der Waals surface area contributed by atoms with Gasteiger partial charge < -0.3 is 14.5 Å². The Morgan fingerprint density at radius 1 is 0.556 bits per heavy atom. The van der Waals surface area contributed by atoms with Gasteiger partial charge in [0.15, 0.2) is 0 Å². The highest BCUT2D eigenvalue weighted by atomic mass is 16.5. The molecule has 8 rings (SSSR count). The van der Waals surface area contributed by atoms with E-state index in [1.165, 1.54) is 44.9 Å². The molecule has 4 heteroatoms. The van der Waals surface area contributed by atoms with E-state index in [9.17, 15) is 0 Å². The van der Waals surface area contributed by atoms with Crippen molar-refractivity contribution in [2.24, 2.45) is 0 Å². The largest absolute Gasteiger partial charge is 0.495 e. The third-order valence-electron chi connectivity index (χ3n) is 7.85. The summed E-state index contributed by atoms with van der Waals surface area (Å²) in [7, 11) is 0. The van der Waals surface area contributed by atoms with Crippen LogP contribution in [0.25, 0.3) is 0 Å². The molecule has 2 unspecified atom stereocenters. The lowest BCUT2D eigenvalue weighted by Crippen LogP contribution is -2.64. The first kappa shape index (κ1) is 19.8. The van der Waals surface area contributed by atoms with Crippen LogP contribution in [0, 0.1) is 0 Å². The van der Waals surface area contributed by atoms with Crippen molar-refractivity contribution in [2.45, 2.75) is 12.0 Å². The SMILES string of the molecule is c1ccc(N2c3ccccc3B3c4c2cccc4N(c2ccccc2)C2c4ccccc4OC32)cc1. The Balaban J connectivity index is 1.45. The van der Waals surface area contributed by atoms with E-state index in [0.717, 1.165) is 5.75 Å². The Bertz CT molecular complexity index is 1600.